The van der Waals surface area contributed by atoms with Gasteiger partial charge in [-0.2, -0.15) is 0 Å². The van der Waals surface area contributed by atoms with E-state index >= 15 is 0 Å². The number of allylic oxidation sites excluding steroid dienone is 5. The molecular formula is C12H18O. The molecule has 0 aliphatic heterocycles. The van der Waals surface area contributed by atoms with E-state index in [2.05, 4.69) is 25.2 Å². The lowest BCUT2D eigenvalue weighted by Crippen LogP contribution is -1.66. The van der Waals surface area contributed by atoms with Gasteiger partial charge in [-0.3, -0.25) is 0 Å². The molecule has 0 aliphatic rings. The van der Waals surface area contributed by atoms with Crippen molar-refractivity contribution in [3.63, 3.8) is 0 Å². The second-order valence-corrected chi connectivity index (χ2v) is 2.87. The molecule has 0 atom stereocenters. The van der Waals surface area contributed by atoms with Gasteiger partial charge in [0, 0.05) is 6.08 Å². The molecule has 1 nitrogen and oxygen atoms in total. The van der Waals surface area contributed by atoms with E-state index in [1.807, 2.05) is 6.08 Å². The van der Waals surface area contributed by atoms with Crippen molar-refractivity contribution in [3.05, 3.63) is 30.4 Å². The SMILES string of the molecule is CCCC=CCCC=CCC=C=O. The van der Waals surface area contributed by atoms with E-state index in [1.165, 1.54) is 18.9 Å². The van der Waals surface area contributed by atoms with Crippen molar-refractivity contribution in [1.82, 2.24) is 0 Å². The third-order valence-electron chi connectivity index (χ3n) is 1.63. The molecule has 0 saturated carbocycles. The van der Waals surface area contributed by atoms with Crippen LogP contribution in [0.5, 0.6) is 0 Å². The van der Waals surface area contributed by atoms with Gasteiger partial charge in [0.1, 0.15) is 5.94 Å². The van der Waals surface area contributed by atoms with Crippen LogP contribution in [0.3, 0.4) is 0 Å². The molecule has 0 fully saturated rings. The Morgan fingerprint density at radius 2 is 1.62 bits per heavy atom. The third-order valence-corrected chi connectivity index (χ3v) is 1.63. The average Bonchev–Trinajstić information content (AvgIpc) is 2.16. The normalized spacial score (nSPS) is 10.8. The van der Waals surface area contributed by atoms with Gasteiger partial charge in [-0.05, 0) is 25.7 Å². The van der Waals surface area contributed by atoms with Crippen molar-refractivity contribution >= 4 is 5.94 Å². The summed E-state index contributed by atoms with van der Waals surface area (Å²) in [4.78, 5) is 9.79. The van der Waals surface area contributed by atoms with Crippen LogP contribution in [0.1, 0.15) is 39.0 Å². The molecule has 0 aromatic carbocycles. The monoisotopic (exact) mass is 178 g/mol. The Bertz CT molecular complexity index is 195. The summed E-state index contributed by atoms with van der Waals surface area (Å²) in [6, 6.07) is 0. The molecule has 13 heavy (non-hydrogen) atoms. The number of unbranched alkanes of at least 4 members (excludes halogenated alkanes) is 2. The van der Waals surface area contributed by atoms with Crippen LogP contribution in [0.4, 0.5) is 0 Å². The standard InChI is InChI=1S/C12H18O/c1-2-3-4-5-6-7-8-9-10-11-12-13/h4-5,8-9,11H,2-3,6-7,10H2,1H3. The highest BCUT2D eigenvalue weighted by Gasteiger charge is 1.77. The Morgan fingerprint density at radius 1 is 1.00 bits per heavy atom. The maximum atomic E-state index is 9.79. The highest BCUT2D eigenvalue weighted by molar-refractivity contribution is 5.45. The topological polar surface area (TPSA) is 17.1 Å². The van der Waals surface area contributed by atoms with Crippen LogP contribution in [0.2, 0.25) is 0 Å². The second-order valence-electron chi connectivity index (χ2n) is 2.87. The molecule has 0 aliphatic carbocycles. The molecule has 0 amide bonds. The van der Waals surface area contributed by atoms with Crippen molar-refractivity contribution in [2.75, 3.05) is 0 Å². The lowest BCUT2D eigenvalue weighted by atomic mass is 10.2. The first-order chi connectivity index (χ1) is 6.41. The molecule has 0 saturated heterocycles. The van der Waals surface area contributed by atoms with Crippen LogP contribution in [0.15, 0.2) is 30.4 Å². The van der Waals surface area contributed by atoms with Gasteiger partial charge in [0.05, 0.1) is 0 Å². The van der Waals surface area contributed by atoms with Gasteiger partial charge in [-0.25, -0.2) is 4.79 Å². The Balaban J connectivity index is 3.24. The van der Waals surface area contributed by atoms with E-state index in [1.54, 1.807) is 5.94 Å². The van der Waals surface area contributed by atoms with Gasteiger partial charge in [-0.1, -0.05) is 37.6 Å². The lowest BCUT2D eigenvalue weighted by molar-refractivity contribution is 0.568. The van der Waals surface area contributed by atoms with Crippen molar-refractivity contribution in [1.29, 1.82) is 0 Å². The summed E-state index contributed by atoms with van der Waals surface area (Å²) in [5.41, 5.74) is 0. The largest absolute Gasteiger partial charge is 0.234 e. The lowest BCUT2D eigenvalue weighted by Gasteiger charge is -1.86. The molecule has 0 N–H and O–H groups in total. The number of hydrogen-bond donors (Lipinski definition) is 0. The summed E-state index contributed by atoms with van der Waals surface area (Å²) >= 11 is 0. The molecule has 0 rings (SSSR count). The van der Waals surface area contributed by atoms with E-state index in [0.717, 1.165) is 12.8 Å². The Labute approximate surface area is 80.8 Å². The number of hydrogen-bond acceptors (Lipinski definition) is 1. The molecule has 0 heterocycles. The van der Waals surface area contributed by atoms with Gasteiger partial charge in [0.25, 0.3) is 0 Å². The summed E-state index contributed by atoms with van der Waals surface area (Å²) in [7, 11) is 0. The molecule has 72 valence electrons. The first-order valence-corrected chi connectivity index (χ1v) is 4.91. The fraction of sp³-hybridized carbons (Fsp3) is 0.500. The summed E-state index contributed by atoms with van der Waals surface area (Å²) in [6.45, 7) is 2.18. The van der Waals surface area contributed by atoms with Crippen LogP contribution >= 0.6 is 0 Å². The van der Waals surface area contributed by atoms with Crippen molar-refractivity contribution in [2.45, 2.75) is 39.0 Å². The zero-order valence-corrected chi connectivity index (χ0v) is 8.33. The zero-order chi connectivity index (χ0) is 9.78. The van der Waals surface area contributed by atoms with Gasteiger partial charge >= 0.3 is 0 Å². The van der Waals surface area contributed by atoms with E-state index in [4.69, 9.17) is 0 Å². The van der Waals surface area contributed by atoms with E-state index in [0.29, 0.717) is 6.42 Å². The van der Waals surface area contributed by atoms with Crippen molar-refractivity contribution in [2.24, 2.45) is 0 Å². The molecule has 0 aromatic rings. The van der Waals surface area contributed by atoms with Crippen molar-refractivity contribution in [3.8, 4) is 0 Å². The smallest absolute Gasteiger partial charge is 0.120 e. The fourth-order valence-electron chi connectivity index (χ4n) is 0.925. The maximum absolute atomic E-state index is 9.79. The second kappa shape index (κ2) is 10.9. The average molecular weight is 178 g/mol. The summed E-state index contributed by atoms with van der Waals surface area (Å²) in [5.74, 6) is 1.75. The summed E-state index contributed by atoms with van der Waals surface area (Å²) < 4.78 is 0. The minimum absolute atomic E-state index is 0.710. The van der Waals surface area contributed by atoms with Crippen LogP contribution in [0, 0.1) is 0 Å². The third kappa shape index (κ3) is 10.9. The molecule has 0 spiro atoms. The van der Waals surface area contributed by atoms with Gasteiger partial charge in [-0.15, -0.1) is 0 Å². The molecular weight excluding hydrogens is 160 g/mol. The first-order valence-electron chi connectivity index (χ1n) is 4.91. The zero-order valence-electron chi connectivity index (χ0n) is 8.33. The first kappa shape index (κ1) is 11.9. The van der Waals surface area contributed by atoms with E-state index in [9.17, 15) is 4.79 Å². The van der Waals surface area contributed by atoms with Crippen LogP contribution in [0.25, 0.3) is 0 Å². The molecule has 1 heteroatoms. The fourth-order valence-corrected chi connectivity index (χ4v) is 0.925. The van der Waals surface area contributed by atoms with Crippen LogP contribution in [-0.2, 0) is 4.79 Å². The summed E-state index contributed by atoms with van der Waals surface area (Å²) in [6.07, 6.45) is 15.3. The molecule has 0 aromatic heterocycles. The quantitative estimate of drug-likeness (QED) is 0.331. The summed E-state index contributed by atoms with van der Waals surface area (Å²) in [5, 5.41) is 0. The minimum Gasteiger partial charge on any atom is -0.234 e. The molecule has 0 bridgehead atoms. The Hall–Kier alpha value is -1.07. The predicted molar refractivity (Wildman–Crippen MR) is 57.3 cm³/mol. The van der Waals surface area contributed by atoms with Crippen molar-refractivity contribution < 1.29 is 4.79 Å². The number of rotatable bonds is 7. The molecule has 0 unspecified atom stereocenters. The predicted octanol–water partition coefficient (Wildman–Crippen LogP) is 3.46. The van der Waals surface area contributed by atoms with Crippen LogP contribution < -0.4 is 0 Å². The number of carbonyl (C=O) groups excluding carboxylic acids is 1. The Kier molecular flexibility index (Phi) is 10.0. The van der Waals surface area contributed by atoms with Gasteiger partial charge < -0.3 is 0 Å². The maximum Gasteiger partial charge on any atom is 0.120 e. The van der Waals surface area contributed by atoms with Gasteiger partial charge in [0.2, 0.25) is 0 Å². The van der Waals surface area contributed by atoms with E-state index < -0.39 is 0 Å². The minimum atomic E-state index is 0.710. The van der Waals surface area contributed by atoms with E-state index in [-0.39, 0.29) is 0 Å². The van der Waals surface area contributed by atoms with Gasteiger partial charge in [0.15, 0.2) is 0 Å². The Morgan fingerprint density at radius 3 is 2.23 bits per heavy atom. The van der Waals surface area contributed by atoms with Crippen LogP contribution in [-0.4, -0.2) is 5.94 Å². The molecule has 0 radical (unpaired) electrons. The highest BCUT2D eigenvalue weighted by atomic mass is 16.1. The highest BCUT2D eigenvalue weighted by Crippen LogP contribution is 1.96.